The molecule has 0 atom stereocenters. The zero-order valence-corrected chi connectivity index (χ0v) is 10.7. The zero-order chi connectivity index (χ0) is 13.2. The number of nitrogens with zero attached hydrogens (tertiary/aromatic N) is 2. The number of hydrogen-bond donors (Lipinski definition) is 1. The number of benzene rings is 1. The third-order valence-corrected chi connectivity index (χ3v) is 2.99. The van der Waals surface area contributed by atoms with Crippen molar-refractivity contribution >= 4 is 11.2 Å². The van der Waals surface area contributed by atoms with Gasteiger partial charge in [-0.25, -0.2) is 4.98 Å². The van der Waals surface area contributed by atoms with E-state index in [0.29, 0.717) is 6.61 Å². The number of anilines is 1. The molecular formula is C15H15N3O. The van der Waals surface area contributed by atoms with E-state index in [1.165, 1.54) is 5.56 Å². The molecule has 0 unspecified atom stereocenters. The maximum Gasteiger partial charge on any atom is 0.151 e. The summed E-state index contributed by atoms with van der Waals surface area (Å²) in [6, 6.07) is 11.7. The second-order valence-electron chi connectivity index (χ2n) is 4.53. The Bertz CT molecular complexity index is 718. The normalized spacial score (nSPS) is 10.8. The number of aryl methyl sites for hydroxylation is 1. The average molecular weight is 253 g/mol. The van der Waals surface area contributed by atoms with E-state index in [-0.39, 0.29) is 0 Å². The van der Waals surface area contributed by atoms with Gasteiger partial charge in [0.2, 0.25) is 0 Å². The van der Waals surface area contributed by atoms with Crippen LogP contribution in [0.15, 0.2) is 48.8 Å². The minimum Gasteiger partial charge on any atom is -0.486 e. The van der Waals surface area contributed by atoms with Gasteiger partial charge >= 0.3 is 0 Å². The molecule has 4 heteroatoms. The van der Waals surface area contributed by atoms with E-state index in [1.807, 2.05) is 53.9 Å². The molecule has 0 aliphatic carbocycles. The Kier molecular flexibility index (Phi) is 2.83. The van der Waals surface area contributed by atoms with E-state index in [0.717, 1.165) is 22.8 Å². The fraction of sp³-hybridized carbons (Fsp3) is 0.133. The van der Waals surface area contributed by atoms with Crippen LogP contribution in [0.2, 0.25) is 0 Å². The molecule has 0 bridgehead atoms. The number of rotatable bonds is 3. The summed E-state index contributed by atoms with van der Waals surface area (Å²) >= 11 is 0. The maximum atomic E-state index is 5.75. The Balaban J connectivity index is 1.82. The Morgan fingerprint density at radius 2 is 2.16 bits per heavy atom. The summed E-state index contributed by atoms with van der Waals surface area (Å²) < 4.78 is 7.73. The van der Waals surface area contributed by atoms with Crippen LogP contribution in [0.4, 0.5) is 5.69 Å². The van der Waals surface area contributed by atoms with Crippen molar-refractivity contribution in [1.29, 1.82) is 0 Å². The van der Waals surface area contributed by atoms with Crippen molar-refractivity contribution in [2.24, 2.45) is 0 Å². The average Bonchev–Trinajstić information content (AvgIpc) is 2.78. The van der Waals surface area contributed by atoms with Gasteiger partial charge in [0.25, 0.3) is 0 Å². The Hall–Kier alpha value is -2.49. The van der Waals surface area contributed by atoms with Crippen molar-refractivity contribution in [1.82, 2.24) is 9.38 Å². The largest absolute Gasteiger partial charge is 0.486 e. The lowest BCUT2D eigenvalue weighted by Gasteiger charge is -2.06. The lowest BCUT2D eigenvalue weighted by Crippen LogP contribution is -2.01. The molecule has 0 saturated heterocycles. The second kappa shape index (κ2) is 4.65. The SMILES string of the molecule is Cc1cccc(OCc2ncc3cc(N)ccn23)c1. The fourth-order valence-electron chi connectivity index (χ4n) is 2.03. The van der Waals surface area contributed by atoms with Crippen molar-refractivity contribution in [3.63, 3.8) is 0 Å². The van der Waals surface area contributed by atoms with Gasteiger partial charge in [0.05, 0.1) is 11.7 Å². The van der Waals surface area contributed by atoms with Gasteiger partial charge in [0.15, 0.2) is 5.82 Å². The minimum atomic E-state index is 0.432. The van der Waals surface area contributed by atoms with Crippen LogP contribution in [-0.4, -0.2) is 9.38 Å². The van der Waals surface area contributed by atoms with Gasteiger partial charge in [-0.1, -0.05) is 12.1 Å². The number of nitrogens with two attached hydrogens (primary N) is 1. The molecule has 2 N–H and O–H groups in total. The predicted octanol–water partition coefficient (Wildman–Crippen LogP) is 2.80. The van der Waals surface area contributed by atoms with E-state index >= 15 is 0 Å². The van der Waals surface area contributed by atoms with E-state index < -0.39 is 0 Å². The third-order valence-electron chi connectivity index (χ3n) is 2.99. The first-order valence-electron chi connectivity index (χ1n) is 6.13. The van der Waals surface area contributed by atoms with Crippen LogP contribution in [-0.2, 0) is 6.61 Å². The predicted molar refractivity (Wildman–Crippen MR) is 75.1 cm³/mol. The zero-order valence-electron chi connectivity index (χ0n) is 10.7. The Morgan fingerprint density at radius 1 is 1.26 bits per heavy atom. The third kappa shape index (κ3) is 2.38. The first-order chi connectivity index (χ1) is 9.22. The molecule has 19 heavy (non-hydrogen) atoms. The lowest BCUT2D eigenvalue weighted by molar-refractivity contribution is 0.295. The molecule has 0 amide bonds. The molecule has 3 aromatic rings. The van der Waals surface area contributed by atoms with Crippen molar-refractivity contribution < 1.29 is 4.74 Å². The molecule has 0 radical (unpaired) electrons. The summed E-state index contributed by atoms with van der Waals surface area (Å²) in [6.07, 6.45) is 3.71. The summed E-state index contributed by atoms with van der Waals surface area (Å²) in [5.41, 5.74) is 8.63. The van der Waals surface area contributed by atoms with Crippen LogP contribution in [0.1, 0.15) is 11.4 Å². The Morgan fingerprint density at radius 3 is 3.00 bits per heavy atom. The van der Waals surface area contributed by atoms with Crippen LogP contribution in [0.25, 0.3) is 5.52 Å². The van der Waals surface area contributed by atoms with E-state index in [1.54, 1.807) is 6.20 Å². The summed E-state index contributed by atoms with van der Waals surface area (Å²) in [5.74, 6) is 1.71. The molecule has 0 spiro atoms. The van der Waals surface area contributed by atoms with Crippen LogP contribution in [0, 0.1) is 6.92 Å². The summed E-state index contributed by atoms with van der Waals surface area (Å²) in [5, 5.41) is 0. The molecule has 2 aromatic heterocycles. The molecule has 1 aromatic carbocycles. The van der Waals surface area contributed by atoms with E-state index in [2.05, 4.69) is 4.98 Å². The number of pyridine rings is 1. The highest BCUT2D eigenvalue weighted by molar-refractivity contribution is 5.55. The molecule has 0 saturated carbocycles. The molecule has 0 aliphatic rings. The van der Waals surface area contributed by atoms with Crippen molar-refractivity contribution in [2.75, 3.05) is 5.73 Å². The molecule has 96 valence electrons. The molecular weight excluding hydrogens is 238 g/mol. The van der Waals surface area contributed by atoms with E-state index in [4.69, 9.17) is 10.5 Å². The van der Waals surface area contributed by atoms with Crippen LogP contribution < -0.4 is 10.5 Å². The van der Waals surface area contributed by atoms with Gasteiger partial charge in [0, 0.05) is 11.9 Å². The number of aromatic nitrogens is 2. The fourth-order valence-corrected chi connectivity index (χ4v) is 2.03. The molecule has 3 rings (SSSR count). The monoisotopic (exact) mass is 253 g/mol. The quantitative estimate of drug-likeness (QED) is 0.781. The number of ether oxygens (including phenoxy) is 1. The second-order valence-corrected chi connectivity index (χ2v) is 4.53. The molecule has 0 fully saturated rings. The van der Waals surface area contributed by atoms with Gasteiger partial charge < -0.3 is 14.9 Å². The number of fused-ring (bicyclic) bond motifs is 1. The Labute approximate surface area is 111 Å². The van der Waals surface area contributed by atoms with Crippen LogP contribution in [0.5, 0.6) is 5.75 Å². The number of hydrogen-bond acceptors (Lipinski definition) is 3. The van der Waals surface area contributed by atoms with Crippen LogP contribution >= 0.6 is 0 Å². The van der Waals surface area contributed by atoms with Gasteiger partial charge in [-0.2, -0.15) is 0 Å². The molecule has 2 heterocycles. The van der Waals surface area contributed by atoms with Gasteiger partial charge in [0.1, 0.15) is 12.4 Å². The summed E-state index contributed by atoms with van der Waals surface area (Å²) in [6.45, 7) is 2.47. The highest BCUT2D eigenvalue weighted by Gasteiger charge is 2.04. The first-order valence-corrected chi connectivity index (χ1v) is 6.13. The van der Waals surface area contributed by atoms with Gasteiger partial charge in [-0.15, -0.1) is 0 Å². The van der Waals surface area contributed by atoms with Gasteiger partial charge in [-0.3, -0.25) is 0 Å². The van der Waals surface area contributed by atoms with Gasteiger partial charge in [-0.05, 0) is 36.8 Å². The maximum absolute atomic E-state index is 5.75. The summed E-state index contributed by atoms with van der Waals surface area (Å²) in [4.78, 5) is 4.36. The topological polar surface area (TPSA) is 52.5 Å². The van der Waals surface area contributed by atoms with Crippen molar-refractivity contribution in [2.45, 2.75) is 13.5 Å². The molecule has 0 aliphatic heterocycles. The molecule has 4 nitrogen and oxygen atoms in total. The lowest BCUT2D eigenvalue weighted by atomic mass is 10.2. The highest BCUT2D eigenvalue weighted by Crippen LogP contribution is 2.16. The smallest absolute Gasteiger partial charge is 0.151 e. The summed E-state index contributed by atoms with van der Waals surface area (Å²) in [7, 11) is 0. The number of nitrogen functional groups attached to an aromatic ring is 1. The minimum absolute atomic E-state index is 0.432. The van der Waals surface area contributed by atoms with E-state index in [9.17, 15) is 0 Å². The van der Waals surface area contributed by atoms with Crippen LogP contribution in [0.3, 0.4) is 0 Å². The first kappa shape index (κ1) is 11.6. The highest BCUT2D eigenvalue weighted by atomic mass is 16.5. The van der Waals surface area contributed by atoms with Crippen molar-refractivity contribution in [3.8, 4) is 5.75 Å². The standard InChI is InChI=1S/C15H15N3O/c1-11-3-2-4-14(7-11)19-10-15-17-9-13-8-12(16)5-6-18(13)15/h2-9H,10,16H2,1H3. The number of imidazole rings is 1. The van der Waals surface area contributed by atoms with Crippen molar-refractivity contribution in [3.05, 3.63) is 60.2 Å².